The van der Waals surface area contributed by atoms with Gasteiger partial charge in [-0.25, -0.2) is 0 Å². The topological polar surface area (TPSA) is 99.9 Å². The molecule has 0 aliphatic rings. The third kappa shape index (κ3) is 2.73. The quantitative estimate of drug-likeness (QED) is 0.183. The van der Waals surface area contributed by atoms with Gasteiger partial charge in [0, 0.05) is 51.8 Å². The molecule has 0 bridgehead atoms. The number of rotatable bonds is 0. The van der Waals surface area contributed by atoms with Crippen LogP contribution in [0.2, 0.25) is 0 Å². The Balaban J connectivity index is 0.00000229. The van der Waals surface area contributed by atoms with Gasteiger partial charge >= 0.3 is 0 Å². The summed E-state index contributed by atoms with van der Waals surface area (Å²) in [5.41, 5.74) is 1.18. The molecular formula is C28H14N2O4Zn. The van der Waals surface area contributed by atoms with E-state index < -0.39 is 0 Å². The monoisotopic (exact) mass is 506 g/mol. The third-order valence-electron chi connectivity index (χ3n) is 6.71. The number of benzene rings is 6. The van der Waals surface area contributed by atoms with Crippen LogP contribution in [0.25, 0.3) is 65.2 Å². The molecular weight excluding hydrogens is 494 g/mol. The van der Waals surface area contributed by atoms with Crippen molar-refractivity contribution in [3.63, 3.8) is 0 Å². The second-order valence-electron chi connectivity index (χ2n) is 8.48. The van der Waals surface area contributed by atoms with Crippen molar-refractivity contribution in [3.05, 3.63) is 114 Å². The molecule has 162 valence electrons. The van der Waals surface area contributed by atoms with Crippen molar-refractivity contribution < 1.29 is 19.5 Å². The minimum Gasteiger partial charge on any atom is -0.351 e. The van der Waals surface area contributed by atoms with E-state index in [4.69, 9.17) is 0 Å². The Bertz CT molecular complexity index is 2110. The van der Waals surface area contributed by atoms with Crippen LogP contribution in [-0.4, -0.2) is 9.97 Å². The molecule has 7 rings (SSSR count). The van der Waals surface area contributed by atoms with Crippen molar-refractivity contribution in [2.45, 2.75) is 0 Å². The molecule has 0 aliphatic carbocycles. The van der Waals surface area contributed by atoms with Crippen LogP contribution in [-0.2, 0) is 19.5 Å². The predicted molar refractivity (Wildman–Crippen MR) is 136 cm³/mol. The maximum absolute atomic E-state index is 13.4. The summed E-state index contributed by atoms with van der Waals surface area (Å²) in [7, 11) is 0. The zero-order valence-electron chi connectivity index (χ0n) is 18.3. The first-order chi connectivity index (χ1) is 16.5. The fourth-order valence-corrected chi connectivity index (χ4v) is 5.11. The van der Waals surface area contributed by atoms with Gasteiger partial charge in [0.2, 0.25) is 0 Å². The molecule has 7 heteroatoms. The molecule has 7 aromatic rings. The van der Waals surface area contributed by atoms with Crippen molar-refractivity contribution in [1.82, 2.24) is 9.97 Å². The van der Waals surface area contributed by atoms with Crippen LogP contribution in [0.5, 0.6) is 0 Å². The van der Waals surface area contributed by atoms with E-state index in [1.807, 2.05) is 0 Å². The van der Waals surface area contributed by atoms with Crippen molar-refractivity contribution in [2.75, 3.05) is 0 Å². The van der Waals surface area contributed by atoms with Gasteiger partial charge in [-0.05, 0) is 24.3 Å². The number of hydrogen-bond acceptors (Lipinski definition) is 4. The summed E-state index contributed by atoms with van der Waals surface area (Å²) in [5, 5.41) is 2.76. The number of aromatic amines is 2. The Morgan fingerprint density at radius 3 is 1.11 bits per heavy atom. The number of aromatic nitrogens is 2. The van der Waals surface area contributed by atoms with Gasteiger partial charge in [0.1, 0.15) is 0 Å². The van der Waals surface area contributed by atoms with Gasteiger partial charge in [0.25, 0.3) is 0 Å². The van der Waals surface area contributed by atoms with Crippen LogP contribution in [0.4, 0.5) is 0 Å². The molecule has 0 unspecified atom stereocenters. The maximum Gasteiger partial charge on any atom is 0.196 e. The first-order valence-electron chi connectivity index (χ1n) is 10.8. The second-order valence-corrected chi connectivity index (χ2v) is 8.48. The summed E-state index contributed by atoms with van der Waals surface area (Å²) in [6.07, 6.45) is 0. The summed E-state index contributed by atoms with van der Waals surface area (Å²) in [6.45, 7) is 0. The van der Waals surface area contributed by atoms with Gasteiger partial charge in [0.15, 0.2) is 21.7 Å². The molecule has 0 radical (unpaired) electrons. The minimum absolute atomic E-state index is 0. The third-order valence-corrected chi connectivity index (χ3v) is 6.71. The fraction of sp³-hybridized carbons (Fsp3) is 0. The summed E-state index contributed by atoms with van der Waals surface area (Å²) >= 11 is 0. The second kappa shape index (κ2) is 7.39. The Kier molecular flexibility index (Phi) is 4.50. The van der Waals surface area contributed by atoms with Crippen LogP contribution in [0.3, 0.4) is 0 Å². The van der Waals surface area contributed by atoms with Gasteiger partial charge < -0.3 is 9.97 Å². The summed E-state index contributed by atoms with van der Waals surface area (Å²) < 4.78 is 0. The van der Waals surface area contributed by atoms with E-state index in [9.17, 15) is 19.2 Å². The number of hydrogen-bond donors (Lipinski definition) is 2. The van der Waals surface area contributed by atoms with Crippen molar-refractivity contribution >= 4 is 65.2 Å². The Morgan fingerprint density at radius 1 is 0.400 bits per heavy atom. The van der Waals surface area contributed by atoms with E-state index in [-0.39, 0.29) is 41.2 Å². The molecule has 0 fully saturated rings. The summed E-state index contributed by atoms with van der Waals surface area (Å²) in [5.74, 6) is 0. The molecule has 1 aromatic heterocycles. The SMILES string of the molecule is O=c1c2ccccc2c(=O)c2c1ccc1[nH]c3c(ccc4c(=O)c5ccccc5c(=O)c43)[nH]c12.[Zn]. The van der Waals surface area contributed by atoms with Crippen LogP contribution in [0.15, 0.2) is 92.0 Å². The Hall–Kier alpha value is -4.22. The van der Waals surface area contributed by atoms with Gasteiger partial charge in [-0.1, -0.05) is 48.5 Å². The number of H-pyrrole nitrogens is 2. The molecule has 0 amide bonds. The van der Waals surface area contributed by atoms with E-state index in [0.29, 0.717) is 65.2 Å². The average Bonchev–Trinajstić information content (AvgIpc) is 2.88. The summed E-state index contributed by atoms with van der Waals surface area (Å²) in [4.78, 5) is 59.5. The van der Waals surface area contributed by atoms with Crippen LogP contribution in [0, 0.1) is 0 Å². The fourth-order valence-electron chi connectivity index (χ4n) is 5.11. The molecule has 0 atom stereocenters. The van der Waals surface area contributed by atoms with Crippen molar-refractivity contribution in [3.8, 4) is 0 Å². The smallest absolute Gasteiger partial charge is 0.196 e. The number of nitrogens with one attached hydrogen (secondary N) is 2. The number of fused-ring (bicyclic) bond motifs is 8. The summed E-state index contributed by atoms with van der Waals surface area (Å²) in [6, 6.07) is 20.3. The molecule has 6 aromatic carbocycles. The minimum atomic E-state index is -0.238. The largest absolute Gasteiger partial charge is 0.351 e. The van der Waals surface area contributed by atoms with Crippen molar-refractivity contribution in [2.24, 2.45) is 0 Å². The van der Waals surface area contributed by atoms with Crippen LogP contribution < -0.4 is 21.7 Å². The molecule has 2 N–H and O–H groups in total. The molecule has 1 heterocycles. The Labute approximate surface area is 207 Å². The van der Waals surface area contributed by atoms with E-state index in [1.165, 1.54) is 0 Å². The van der Waals surface area contributed by atoms with E-state index >= 15 is 0 Å². The molecule has 0 aliphatic heterocycles. The molecule has 0 saturated heterocycles. The molecule has 0 saturated carbocycles. The van der Waals surface area contributed by atoms with Crippen LogP contribution >= 0.6 is 0 Å². The van der Waals surface area contributed by atoms with Crippen LogP contribution in [0.1, 0.15) is 0 Å². The van der Waals surface area contributed by atoms with E-state index in [1.54, 1.807) is 72.8 Å². The first-order valence-corrected chi connectivity index (χ1v) is 10.8. The zero-order valence-corrected chi connectivity index (χ0v) is 21.2. The molecule has 6 nitrogen and oxygen atoms in total. The van der Waals surface area contributed by atoms with Crippen molar-refractivity contribution in [1.29, 1.82) is 0 Å². The molecule has 35 heavy (non-hydrogen) atoms. The van der Waals surface area contributed by atoms with Gasteiger partial charge in [-0.2, -0.15) is 0 Å². The van der Waals surface area contributed by atoms with Gasteiger partial charge in [-0.3, -0.25) is 19.2 Å². The first kappa shape index (κ1) is 21.3. The zero-order chi connectivity index (χ0) is 23.1. The predicted octanol–water partition coefficient (Wildman–Crippen LogP) is 4.14. The standard InChI is InChI=1S/C28H14N2O4.Zn/c31-25-13-5-1-3-7-15(13)27(33)21-17(25)9-11-19-23(21)29-20-12-10-18-22(24(20)30-19)28(34)16-8-4-2-6-14(16)26(18)32;/h1-12,29-30H;. The average molecular weight is 508 g/mol. The molecule has 0 spiro atoms. The van der Waals surface area contributed by atoms with E-state index in [0.717, 1.165) is 0 Å². The van der Waals surface area contributed by atoms with Gasteiger partial charge in [-0.15, -0.1) is 0 Å². The van der Waals surface area contributed by atoms with E-state index in [2.05, 4.69) is 9.97 Å². The van der Waals surface area contributed by atoms with Gasteiger partial charge in [0.05, 0.1) is 32.8 Å². The normalized spacial score (nSPS) is 11.7. The maximum atomic E-state index is 13.4. The Morgan fingerprint density at radius 2 is 0.743 bits per heavy atom.